The summed E-state index contributed by atoms with van der Waals surface area (Å²) in [5.41, 5.74) is 8.44. The van der Waals surface area contributed by atoms with Crippen LogP contribution in [0.2, 0.25) is 0 Å². The van der Waals surface area contributed by atoms with Gasteiger partial charge in [0.15, 0.2) is 11.5 Å². The molecule has 0 radical (unpaired) electrons. The van der Waals surface area contributed by atoms with E-state index in [9.17, 15) is 0 Å². The Morgan fingerprint density at radius 2 is 1.65 bits per heavy atom. The van der Waals surface area contributed by atoms with E-state index in [-0.39, 0.29) is 6.04 Å². The molecule has 1 atom stereocenters. The monoisotopic (exact) mass is 333 g/mol. The highest BCUT2D eigenvalue weighted by atomic mass is 79.9. The molecule has 104 valence electrons. The number of hydrogen-bond donors (Lipinski definition) is 1. The number of rotatable bonds is 2. The highest BCUT2D eigenvalue weighted by Crippen LogP contribution is 2.38. The fourth-order valence-electron chi connectivity index (χ4n) is 2.28. The number of halogens is 1. The van der Waals surface area contributed by atoms with E-state index in [0.29, 0.717) is 13.2 Å². The lowest BCUT2D eigenvalue weighted by Gasteiger charge is -2.17. The summed E-state index contributed by atoms with van der Waals surface area (Å²) < 4.78 is 12.3. The van der Waals surface area contributed by atoms with Crippen molar-refractivity contribution in [2.75, 3.05) is 13.2 Å². The van der Waals surface area contributed by atoms with Crippen LogP contribution in [0.5, 0.6) is 11.5 Å². The molecule has 4 heteroatoms. The number of nitrogens with two attached hydrogens (primary N) is 1. The van der Waals surface area contributed by atoms with Crippen LogP contribution in [0.3, 0.4) is 0 Å². The number of benzene rings is 2. The summed E-state index contributed by atoms with van der Waals surface area (Å²) in [5.74, 6) is 1.55. The van der Waals surface area contributed by atoms with Crippen molar-refractivity contribution < 1.29 is 9.47 Å². The Morgan fingerprint density at radius 3 is 2.35 bits per heavy atom. The van der Waals surface area contributed by atoms with Crippen LogP contribution in [0.1, 0.15) is 23.6 Å². The number of hydrogen-bond acceptors (Lipinski definition) is 3. The van der Waals surface area contributed by atoms with Gasteiger partial charge in [0.1, 0.15) is 0 Å². The van der Waals surface area contributed by atoms with Gasteiger partial charge in [0.2, 0.25) is 0 Å². The zero-order chi connectivity index (χ0) is 13.9. The molecule has 0 fully saturated rings. The van der Waals surface area contributed by atoms with Gasteiger partial charge in [-0.25, -0.2) is 0 Å². The second-order valence-electron chi connectivity index (χ2n) is 4.76. The van der Waals surface area contributed by atoms with Gasteiger partial charge < -0.3 is 15.2 Å². The molecule has 2 aromatic rings. The third-order valence-corrected chi connectivity index (χ3v) is 4.05. The van der Waals surface area contributed by atoms with Crippen LogP contribution in [0, 0.1) is 0 Å². The van der Waals surface area contributed by atoms with Crippen molar-refractivity contribution in [3.05, 3.63) is 58.1 Å². The maximum absolute atomic E-state index is 6.36. The maximum atomic E-state index is 6.36. The third kappa shape index (κ3) is 2.67. The lowest BCUT2D eigenvalue weighted by atomic mass is 9.99. The van der Waals surface area contributed by atoms with Crippen LogP contribution in [-0.2, 0) is 0 Å². The van der Waals surface area contributed by atoms with E-state index in [1.807, 2.05) is 42.5 Å². The fraction of sp³-hybridized carbons (Fsp3) is 0.250. The van der Waals surface area contributed by atoms with E-state index in [0.717, 1.165) is 33.5 Å². The molecule has 0 saturated carbocycles. The van der Waals surface area contributed by atoms with Crippen molar-refractivity contribution in [2.45, 2.75) is 12.5 Å². The summed E-state index contributed by atoms with van der Waals surface area (Å²) in [7, 11) is 0. The standard InChI is InChI=1S/C16H16BrNO2/c17-13-10-15-14(19-7-4-8-20-15)9-12(13)16(18)11-5-2-1-3-6-11/h1-3,5-6,9-10,16H,4,7-8,18H2. The van der Waals surface area contributed by atoms with E-state index in [1.54, 1.807) is 0 Å². The molecule has 0 aromatic heterocycles. The first-order valence-electron chi connectivity index (χ1n) is 6.65. The van der Waals surface area contributed by atoms with Gasteiger partial charge in [-0.3, -0.25) is 0 Å². The Labute approximate surface area is 126 Å². The lowest BCUT2D eigenvalue weighted by Crippen LogP contribution is -2.12. The summed E-state index contributed by atoms with van der Waals surface area (Å²) in [6.07, 6.45) is 0.895. The van der Waals surface area contributed by atoms with Gasteiger partial charge in [0.25, 0.3) is 0 Å². The van der Waals surface area contributed by atoms with Gasteiger partial charge in [-0.1, -0.05) is 46.3 Å². The topological polar surface area (TPSA) is 44.5 Å². The van der Waals surface area contributed by atoms with Crippen LogP contribution in [0.4, 0.5) is 0 Å². The molecule has 0 bridgehead atoms. The van der Waals surface area contributed by atoms with E-state index in [4.69, 9.17) is 15.2 Å². The normalized spacial score (nSPS) is 15.5. The number of ether oxygens (including phenoxy) is 2. The van der Waals surface area contributed by atoms with Crippen LogP contribution >= 0.6 is 15.9 Å². The average molecular weight is 334 g/mol. The molecule has 3 rings (SSSR count). The maximum Gasteiger partial charge on any atom is 0.162 e. The Balaban J connectivity index is 1.99. The first-order chi connectivity index (χ1) is 9.75. The van der Waals surface area contributed by atoms with E-state index in [1.165, 1.54) is 0 Å². The van der Waals surface area contributed by atoms with E-state index >= 15 is 0 Å². The van der Waals surface area contributed by atoms with Gasteiger partial charge in [-0.05, 0) is 23.3 Å². The average Bonchev–Trinajstić information content (AvgIpc) is 2.71. The second-order valence-corrected chi connectivity index (χ2v) is 5.61. The molecular weight excluding hydrogens is 318 g/mol. The second kappa shape index (κ2) is 5.85. The summed E-state index contributed by atoms with van der Waals surface area (Å²) >= 11 is 3.58. The first-order valence-corrected chi connectivity index (χ1v) is 7.44. The molecule has 20 heavy (non-hydrogen) atoms. The molecule has 3 nitrogen and oxygen atoms in total. The van der Waals surface area contributed by atoms with Crippen molar-refractivity contribution in [1.82, 2.24) is 0 Å². The largest absolute Gasteiger partial charge is 0.490 e. The molecule has 0 amide bonds. The molecule has 0 saturated heterocycles. The molecular formula is C16H16BrNO2. The molecule has 1 aliphatic rings. The van der Waals surface area contributed by atoms with Crippen molar-refractivity contribution in [2.24, 2.45) is 5.73 Å². The minimum Gasteiger partial charge on any atom is -0.490 e. The predicted octanol–water partition coefficient (Wildman–Crippen LogP) is 3.66. The fourth-order valence-corrected chi connectivity index (χ4v) is 2.85. The molecule has 2 aromatic carbocycles. The zero-order valence-corrected chi connectivity index (χ0v) is 12.6. The molecule has 0 aliphatic carbocycles. The molecule has 0 spiro atoms. The van der Waals surface area contributed by atoms with Gasteiger partial charge in [-0.15, -0.1) is 0 Å². The van der Waals surface area contributed by atoms with Crippen LogP contribution < -0.4 is 15.2 Å². The smallest absolute Gasteiger partial charge is 0.162 e. The van der Waals surface area contributed by atoms with Crippen LogP contribution in [-0.4, -0.2) is 13.2 Å². The van der Waals surface area contributed by atoms with E-state index in [2.05, 4.69) is 15.9 Å². The summed E-state index contributed by atoms with van der Waals surface area (Å²) in [6, 6.07) is 13.8. The van der Waals surface area contributed by atoms with Crippen LogP contribution in [0.25, 0.3) is 0 Å². The van der Waals surface area contributed by atoms with Crippen molar-refractivity contribution >= 4 is 15.9 Å². The zero-order valence-electron chi connectivity index (χ0n) is 11.0. The number of fused-ring (bicyclic) bond motifs is 1. The van der Waals surface area contributed by atoms with Crippen molar-refractivity contribution in [1.29, 1.82) is 0 Å². The Hall–Kier alpha value is -1.52. The van der Waals surface area contributed by atoms with E-state index < -0.39 is 0 Å². The highest BCUT2D eigenvalue weighted by Gasteiger charge is 2.18. The molecule has 2 N–H and O–H groups in total. The van der Waals surface area contributed by atoms with Crippen molar-refractivity contribution in [3.8, 4) is 11.5 Å². The Morgan fingerprint density at radius 1 is 1.00 bits per heavy atom. The lowest BCUT2D eigenvalue weighted by molar-refractivity contribution is 0.297. The van der Waals surface area contributed by atoms with Gasteiger partial charge in [-0.2, -0.15) is 0 Å². The highest BCUT2D eigenvalue weighted by molar-refractivity contribution is 9.10. The summed E-state index contributed by atoms with van der Waals surface area (Å²) in [5, 5.41) is 0. The quantitative estimate of drug-likeness (QED) is 0.912. The summed E-state index contributed by atoms with van der Waals surface area (Å²) in [4.78, 5) is 0. The van der Waals surface area contributed by atoms with Crippen LogP contribution in [0.15, 0.2) is 46.9 Å². The third-order valence-electron chi connectivity index (χ3n) is 3.36. The van der Waals surface area contributed by atoms with Gasteiger partial charge in [0.05, 0.1) is 19.3 Å². The Kier molecular flexibility index (Phi) is 3.94. The minimum atomic E-state index is -0.192. The molecule has 1 aliphatic heterocycles. The molecule has 1 unspecified atom stereocenters. The van der Waals surface area contributed by atoms with Crippen molar-refractivity contribution in [3.63, 3.8) is 0 Å². The Bertz CT molecular complexity index is 601. The van der Waals surface area contributed by atoms with Gasteiger partial charge >= 0.3 is 0 Å². The summed E-state index contributed by atoms with van der Waals surface area (Å²) in [6.45, 7) is 1.36. The predicted molar refractivity (Wildman–Crippen MR) is 82.2 cm³/mol. The molecule has 1 heterocycles. The first kappa shape index (κ1) is 13.5. The van der Waals surface area contributed by atoms with Gasteiger partial charge in [0, 0.05) is 10.9 Å². The SMILES string of the molecule is NC(c1ccccc1)c1cc2c(cc1Br)OCCCO2. The minimum absolute atomic E-state index is 0.192.